The van der Waals surface area contributed by atoms with Crippen molar-refractivity contribution >= 4 is 11.9 Å². The lowest BCUT2D eigenvalue weighted by atomic mass is 10.0. The first-order valence-corrected chi connectivity index (χ1v) is 7.38. The minimum Gasteiger partial charge on any atom is -0.480 e. The number of hydrogen-bond acceptors (Lipinski definition) is 3. The second-order valence-electron chi connectivity index (χ2n) is 5.69. The van der Waals surface area contributed by atoms with Gasteiger partial charge in [0, 0.05) is 12.5 Å². The molecule has 2 atom stereocenters. The number of aliphatic carboxylic acids is 1. The van der Waals surface area contributed by atoms with Crippen molar-refractivity contribution < 1.29 is 14.7 Å². The molecule has 0 aromatic heterocycles. The largest absolute Gasteiger partial charge is 0.480 e. The van der Waals surface area contributed by atoms with Gasteiger partial charge in [-0.25, -0.2) is 4.79 Å². The van der Waals surface area contributed by atoms with E-state index in [1.54, 1.807) is 0 Å². The zero-order valence-corrected chi connectivity index (χ0v) is 12.0. The maximum atomic E-state index is 11.9. The van der Waals surface area contributed by atoms with E-state index < -0.39 is 12.0 Å². The molecule has 1 amide bonds. The Morgan fingerprint density at radius 1 is 1.29 bits per heavy atom. The SMILES string of the molecule is NC(CC(=O)NC(CCc1ccccc1)C(=O)O)C1CC1. The van der Waals surface area contributed by atoms with Gasteiger partial charge in [0.05, 0.1) is 0 Å². The lowest BCUT2D eigenvalue weighted by Crippen LogP contribution is -2.43. The Morgan fingerprint density at radius 3 is 2.52 bits per heavy atom. The minimum atomic E-state index is -1.00. The first kappa shape index (κ1) is 15.5. The first-order chi connectivity index (χ1) is 10.1. The third-order valence-electron chi connectivity index (χ3n) is 3.85. The molecule has 2 rings (SSSR count). The Bertz CT molecular complexity index is 486. The normalized spacial score (nSPS) is 17.0. The summed E-state index contributed by atoms with van der Waals surface area (Å²) in [5.41, 5.74) is 6.95. The molecule has 1 aromatic carbocycles. The summed E-state index contributed by atoms with van der Waals surface area (Å²) < 4.78 is 0. The zero-order valence-electron chi connectivity index (χ0n) is 12.0. The quantitative estimate of drug-likeness (QED) is 0.673. The van der Waals surface area contributed by atoms with Gasteiger partial charge < -0.3 is 16.2 Å². The van der Waals surface area contributed by atoms with Crippen molar-refractivity contribution in [1.82, 2.24) is 5.32 Å². The fourth-order valence-electron chi connectivity index (χ4n) is 2.37. The summed E-state index contributed by atoms with van der Waals surface area (Å²) in [5.74, 6) is -0.836. The molecule has 1 aromatic rings. The van der Waals surface area contributed by atoms with E-state index in [-0.39, 0.29) is 18.4 Å². The van der Waals surface area contributed by atoms with Crippen LogP contribution in [0.2, 0.25) is 0 Å². The number of amides is 1. The van der Waals surface area contributed by atoms with E-state index in [1.165, 1.54) is 0 Å². The summed E-state index contributed by atoms with van der Waals surface area (Å²) in [6, 6.07) is 8.64. The molecule has 5 heteroatoms. The Hall–Kier alpha value is -1.88. The van der Waals surface area contributed by atoms with E-state index in [9.17, 15) is 14.7 Å². The molecule has 0 aliphatic heterocycles. The van der Waals surface area contributed by atoms with Crippen LogP contribution in [0.4, 0.5) is 0 Å². The van der Waals surface area contributed by atoms with Crippen molar-refractivity contribution in [3.05, 3.63) is 35.9 Å². The maximum Gasteiger partial charge on any atom is 0.326 e. The van der Waals surface area contributed by atoms with Crippen LogP contribution in [-0.2, 0) is 16.0 Å². The number of nitrogens with one attached hydrogen (secondary N) is 1. The number of nitrogens with two attached hydrogens (primary N) is 1. The molecule has 0 radical (unpaired) electrons. The van der Waals surface area contributed by atoms with Gasteiger partial charge in [-0.05, 0) is 37.2 Å². The van der Waals surface area contributed by atoms with Crippen LogP contribution in [0.5, 0.6) is 0 Å². The standard InChI is InChI=1S/C16H22N2O3/c17-13(12-7-8-12)10-15(19)18-14(16(20)21)9-6-11-4-2-1-3-5-11/h1-5,12-14H,6-10,17H2,(H,18,19)(H,20,21). The van der Waals surface area contributed by atoms with E-state index in [0.717, 1.165) is 18.4 Å². The van der Waals surface area contributed by atoms with E-state index in [0.29, 0.717) is 18.8 Å². The molecule has 0 spiro atoms. The number of carboxylic acids is 1. The van der Waals surface area contributed by atoms with E-state index in [2.05, 4.69) is 5.32 Å². The Balaban J connectivity index is 1.80. The monoisotopic (exact) mass is 290 g/mol. The Labute approximate surface area is 124 Å². The summed E-state index contributed by atoms with van der Waals surface area (Å²) in [6.07, 6.45) is 3.35. The minimum absolute atomic E-state index is 0.145. The molecule has 114 valence electrons. The number of rotatable bonds is 8. The third-order valence-corrected chi connectivity index (χ3v) is 3.85. The van der Waals surface area contributed by atoms with Crippen LogP contribution in [0.15, 0.2) is 30.3 Å². The van der Waals surface area contributed by atoms with Gasteiger partial charge in [0.1, 0.15) is 6.04 Å². The average molecular weight is 290 g/mol. The maximum absolute atomic E-state index is 11.9. The highest BCUT2D eigenvalue weighted by molar-refractivity contribution is 5.83. The van der Waals surface area contributed by atoms with Gasteiger partial charge in [0.2, 0.25) is 5.91 Å². The van der Waals surface area contributed by atoms with Crippen LogP contribution in [0.3, 0.4) is 0 Å². The highest BCUT2D eigenvalue weighted by Gasteiger charge is 2.30. The molecule has 2 unspecified atom stereocenters. The number of carbonyl (C=O) groups excluding carboxylic acids is 1. The molecule has 1 aliphatic rings. The predicted molar refractivity (Wildman–Crippen MR) is 79.6 cm³/mol. The zero-order chi connectivity index (χ0) is 15.2. The molecular weight excluding hydrogens is 268 g/mol. The van der Waals surface area contributed by atoms with Crippen LogP contribution in [-0.4, -0.2) is 29.1 Å². The summed E-state index contributed by atoms with van der Waals surface area (Å²) in [7, 11) is 0. The second-order valence-corrected chi connectivity index (χ2v) is 5.69. The van der Waals surface area contributed by atoms with Gasteiger partial charge in [-0.2, -0.15) is 0 Å². The summed E-state index contributed by atoms with van der Waals surface area (Å²) in [4.78, 5) is 23.1. The fraction of sp³-hybridized carbons (Fsp3) is 0.500. The summed E-state index contributed by atoms with van der Waals surface area (Å²) in [6.45, 7) is 0. The highest BCUT2D eigenvalue weighted by Crippen LogP contribution is 2.32. The Morgan fingerprint density at radius 2 is 1.95 bits per heavy atom. The lowest BCUT2D eigenvalue weighted by Gasteiger charge is -2.16. The van der Waals surface area contributed by atoms with Crippen molar-refractivity contribution in [2.24, 2.45) is 11.7 Å². The van der Waals surface area contributed by atoms with Crippen LogP contribution in [0.25, 0.3) is 0 Å². The molecule has 0 heterocycles. The molecule has 4 N–H and O–H groups in total. The molecule has 1 fully saturated rings. The van der Waals surface area contributed by atoms with Gasteiger partial charge in [-0.3, -0.25) is 4.79 Å². The number of aryl methyl sites for hydroxylation is 1. The van der Waals surface area contributed by atoms with Crippen molar-refractivity contribution in [1.29, 1.82) is 0 Å². The van der Waals surface area contributed by atoms with Crippen LogP contribution >= 0.6 is 0 Å². The lowest BCUT2D eigenvalue weighted by molar-refractivity contribution is -0.142. The van der Waals surface area contributed by atoms with Crippen molar-refractivity contribution in [2.45, 2.75) is 44.2 Å². The molecule has 5 nitrogen and oxygen atoms in total. The summed E-state index contributed by atoms with van der Waals surface area (Å²) in [5, 5.41) is 11.8. The van der Waals surface area contributed by atoms with Gasteiger partial charge in [-0.1, -0.05) is 30.3 Å². The van der Waals surface area contributed by atoms with E-state index >= 15 is 0 Å². The first-order valence-electron chi connectivity index (χ1n) is 7.38. The number of carbonyl (C=O) groups is 2. The molecule has 0 saturated heterocycles. The third kappa shape index (κ3) is 5.19. The molecule has 1 saturated carbocycles. The number of hydrogen-bond donors (Lipinski definition) is 3. The van der Waals surface area contributed by atoms with Gasteiger partial charge in [0.25, 0.3) is 0 Å². The average Bonchev–Trinajstić information content (AvgIpc) is 3.28. The predicted octanol–water partition coefficient (Wildman–Crippen LogP) is 1.32. The van der Waals surface area contributed by atoms with Crippen molar-refractivity contribution in [3.8, 4) is 0 Å². The van der Waals surface area contributed by atoms with Gasteiger partial charge in [-0.15, -0.1) is 0 Å². The molecule has 21 heavy (non-hydrogen) atoms. The van der Waals surface area contributed by atoms with E-state index in [1.807, 2.05) is 30.3 Å². The molecule has 1 aliphatic carbocycles. The van der Waals surface area contributed by atoms with Crippen LogP contribution < -0.4 is 11.1 Å². The Kier molecular flexibility index (Phi) is 5.33. The van der Waals surface area contributed by atoms with Crippen molar-refractivity contribution in [3.63, 3.8) is 0 Å². The van der Waals surface area contributed by atoms with Crippen molar-refractivity contribution in [2.75, 3.05) is 0 Å². The van der Waals surface area contributed by atoms with Gasteiger partial charge >= 0.3 is 5.97 Å². The topological polar surface area (TPSA) is 92.4 Å². The fourth-order valence-corrected chi connectivity index (χ4v) is 2.37. The summed E-state index contributed by atoms with van der Waals surface area (Å²) >= 11 is 0. The van der Waals surface area contributed by atoms with Crippen LogP contribution in [0.1, 0.15) is 31.2 Å². The van der Waals surface area contributed by atoms with Gasteiger partial charge in [0.15, 0.2) is 0 Å². The number of benzene rings is 1. The highest BCUT2D eigenvalue weighted by atomic mass is 16.4. The smallest absolute Gasteiger partial charge is 0.326 e. The molecular formula is C16H22N2O3. The van der Waals surface area contributed by atoms with Crippen LogP contribution in [0, 0.1) is 5.92 Å². The second kappa shape index (κ2) is 7.22. The number of carboxylic acid groups (broad SMARTS) is 1. The molecule has 0 bridgehead atoms. The van der Waals surface area contributed by atoms with E-state index in [4.69, 9.17) is 5.73 Å².